The molecule has 0 saturated heterocycles. The Labute approximate surface area is 192 Å². The first-order valence-electron chi connectivity index (χ1n) is 11.2. The van der Waals surface area contributed by atoms with Crippen LogP contribution in [0.25, 0.3) is 10.8 Å². The molecule has 0 fully saturated rings. The molecule has 4 heteroatoms. The number of nitrogens with zero attached hydrogens (tertiary/aromatic N) is 2. The zero-order chi connectivity index (χ0) is 23.9. The third-order valence-electron chi connectivity index (χ3n) is 5.82. The van der Waals surface area contributed by atoms with Crippen molar-refractivity contribution in [1.29, 1.82) is 0 Å². The predicted octanol–water partition coefficient (Wildman–Crippen LogP) is 8.68. The maximum Gasteiger partial charge on any atom is 0.143 e. The highest BCUT2D eigenvalue weighted by atomic mass is 16.3. The molecule has 3 rings (SSSR count). The number of rotatable bonds is 4. The molecule has 0 aromatic heterocycles. The molecule has 0 unspecified atom stereocenters. The van der Waals surface area contributed by atoms with Crippen LogP contribution in [0.4, 0.5) is 11.4 Å². The van der Waals surface area contributed by atoms with Crippen molar-refractivity contribution in [3.8, 4) is 11.5 Å². The monoisotopic (exact) mass is 432 g/mol. The van der Waals surface area contributed by atoms with Gasteiger partial charge in [-0.1, -0.05) is 85.7 Å². The van der Waals surface area contributed by atoms with Gasteiger partial charge in [0.15, 0.2) is 0 Å². The second-order valence-corrected chi connectivity index (χ2v) is 11.6. The topological polar surface area (TPSA) is 65.2 Å². The standard InChI is InChI=1S/C28H36N2O2/c1-26(2,3)17-28(7,8)20-10-12-21-18(15-20)9-13-24(32)25(21)30-29-22-16-19(27(4,5)6)11-14-23(22)31/h9-16,31-32H,17H2,1-8H3. The number of phenols is 2. The molecule has 0 heterocycles. The van der Waals surface area contributed by atoms with Crippen molar-refractivity contribution in [1.82, 2.24) is 0 Å². The molecule has 0 atom stereocenters. The van der Waals surface area contributed by atoms with Gasteiger partial charge in [-0.3, -0.25) is 0 Å². The molecule has 2 N–H and O–H groups in total. The Bertz CT molecular complexity index is 1160. The van der Waals surface area contributed by atoms with Crippen molar-refractivity contribution in [2.24, 2.45) is 15.6 Å². The molecule has 0 aliphatic rings. The minimum atomic E-state index is -0.0736. The molecule has 0 aliphatic carbocycles. The molecular weight excluding hydrogens is 396 g/mol. The van der Waals surface area contributed by atoms with Crippen molar-refractivity contribution in [3.63, 3.8) is 0 Å². The molecule has 3 aromatic rings. The van der Waals surface area contributed by atoms with Crippen LogP contribution < -0.4 is 0 Å². The first-order valence-corrected chi connectivity index (χ1v) is 11.2. The molecule has 0 spiro atoms. The van der Waals surface area contributed by atoms with Crippen LogP contribution in [-0.4, -0.2) is 10.2 Å². The van der Waals surface area contributed by atoms with Crippen molar-refractivity contribution in [2.45, 2.75) is 72.6 Å². The molecule has 32 heavy (non-hydrogen) atoms. The molecule has 3 aromatic carbocycles. The highest BCUT2D eigenvalue weighted by Crippen LogP contribution is 2.41. The highest BCUT2D eigenvalue weighted by Gasteiger charge is 2.27. The van der Waals surface area contributed by atoms with Crippen molar-refractivity contribution in [3.05, 3.63) is 59.7 Å². The third-order valence-corrected chi connectivity index (χ3v) is 5.82. The van der Waals surface area contributed by atoms with E-state index in [1.165, 1.54) is 5.56 Å². The van der Waals surface area contributed by atoms with Gasteiger partial charge in [0.1, 0.15) is 22.9 Å². The lowest BCUT2D eigenvalue weighted by molar-refractivity contribution is 0.284. The fourth-order valence-electron chi connectivity index (χ4n) is 4.43. The Kier molecular flexibility index (Phi) is 6.12. The third kappa shape index (κ3) is 5.29. The molecule has 0 saturated carbocycles. The minimum absolute atomic E-state index is 0.0190. The molecule has 0 aliphatic heterocycles. The van der Waals surface area contributed by atoms with Gasteiger partial charge in [0.25, 0.3) is 0 Å². The van der Waals surface area contributed by atoms with E-state index in [0.29, 0.717) is 11.4 Å². The summed E-state index contributed by atoms with van der Waals surface area (Å²) >= 11 is 0. The van der Waals surface area contributed by atoms with Gasteiger partial charge in [-0.2, -0.15) is 0 Å². The average Bonchev–Trinajstić information content (AvgIpc) is 2.65. The lowest BCUT2D eigenvalue weighted by Gasteiger charge is -2.33. The SMILES string of the molecule is CC(C)(C)CC(C)(C)c1ccc2c(N=Nc3cc(C(C)(C)C)ccc3O)c(O)ccc2c1. The Morgan fingerprint density at radius 3 is 1.94 bits per heavy atom. The maximum absolute atomic E-state index is 10.5. The summed E-state index contributed by atoms with van der Waals surface area (Å²) in [5, 5.41) is 31.3. The van der Waals surface area contributed by atoms with Crippen LogP contribution in [-0.2, 0) is 10.8 Å². The van der Waals surface area contributed by atoms with Gasteiger partial charge in [-0.15, -0.1) is 10.2 Å². The number of benzene rings is 3. The molecule has 4 nitrogen and oxygen atoms in total. The Hall–Kier alpha value is -2.88. The van der Waals surface area contributed by atoms with E-state index in [9.17, 15) is 10.2 Å². The van der Waals surface area contributed by atoms with Crippen LogP contribution in [0.2, 0.25) is 0 Å². The summed E-state index contributed by atoms with van der Waals surface area (Å²) in [5.41, 5.74) is 3.26. The minimum Gasteiger partial charge on any atom is -0.506 e. The van der Waals surface area contributed by atoms with E-state index in [1.807, 2.05) is 24.3 Å². The largest absolute Gasteiger partial charge is 0.506 e. The number of hydrogen-bond donors (Lipinski definition) is 2. The van der Waals surface area contributed by atoms with Crippen molar-refractivity contribution >= 4 is 22.1 Å². The Morgan fingerprint density at radius 1 is 0.688 bits per heavy atom. The predicted molar refractivity (Wildman–Crippen MR) is 134 cm³/mol. The van der Waals surface area contributed by atoms with E-state index in [2.05, 4.69) is 77.8 Å². The van der Waals surface area contributed by atoms with Gasteiger partial charge >= 0.3 is 0 Å². The number of fused-ring (bicyclic) bond motifs is 1. The van der Waals surface area contributed by atoms with Crippen LogP contribution in [0.15, 0.2) is 58.8 Å². The highest BCUT2D eigenvalue weighted by molar-refractivity contribution is 5.95. The van der Waals surface area contributed by atoms with Crippen LogP contribution >= 0.6 is 0 Å². The summed E-state index contributed by atoms with van der Waals surface area (Å²) in [5.74, 6) is 0.127. The summed E-state index contributed by atoms with van der Waals surface area (Å²) in [6.07, 6.45) is 1.06. The van der Waals surface area contributed by atoms with Crippen LogP contribution in [0.1, 0.15) is 72.9 Å². The van der Waals surface area contributed by atoms with Gasteiger partial charge < -0.3 is 10.2 Å². The molecule has 170 valence electrons. The summed E-state index contributed by atoms with van der Waals surface area (Å²) in [6, 6.07) is 15.2. The molecular formula is C28H36N2O2. The van der Waals surface area contributed by atoms with Gasteiger partial charge in [0, 0.05) is 5.39 Å². The Balaban J connectivity index is 2.04. The summed E-state index contributed by atoms with van der Waals surface area (Å²) in [7, 11) is 0. The quantitative estimate of drug-likeness (QED) is 0.405. The number of phenolic OH excluding ortho intramolecular Hbond substituents is 2. The van der Waals surface area contributed by atoms with E-state index >= 15 is 0 Å². The van der Waals surface area contributed by atoms with Crippen LogP contribution in [0, 0.1) is 5.41 Å². The van der Waals surface area contributed by atoms with Gasteiger partial charge in [0.05, 0.1) is 0 Å². The summed E-state index contributed by atoms with van der Waals surface area (Å²) in [6.45, 7) is 17.6. The van der Waals surface area contributed by atoms with Gasteiger partial charge in [-0.05, 0) is 57.4 Å². The fraction of sp³-hybridized carbons (Fsp3) is 0.429. The summed E-state index contributed by atoms with van der Waals surface area (Å²) in [4.78, 5) is 0. The van der Waals surface area contributed by atoms with E-state index < -0.39 is 0 Å². The molecule has 0 bridgehead atoms. The lowest BCUT2D eigenvalue weighted by atomic mass is 9.72. The van der Waals surface area contributed by atoms with Crippen molar-refractivity contribution < 1.29 is 10.2 Å². The molecule has 0 amide bonds. The number of aromatic hydroxyl groups is 2. The van der Waals surface area contributed by atoms with Crippen molar-refractivity contribution in [2.75, 3.05) is 0 Å². The van der Waals surface area contributed by atoms with E-state index in [1.54, 1.807) is 12.1 Å². The van der Waals surface area contributed by atoms with E-state index in [-0.39, 0.29) is 27.7 Å². The smallest absolute Gasteiger partial charge is 0.143 e. The zero-order valence-corrected chi connectivity index (χ0v) is 20.6. The number of azo groups is 1. The van der Waals surface area contributed by atoms with Crippen LogP contribution in [0.3, 0.4) is 0 Å². The van der Waals surface area contributed by atoms with Crippen LogP contribution in [0.5, 0.6) is 11.5 Å². The normalized spacial score (nSPS) is 13.2. The van der Waals surface area contributed by atoms with E-state index in [4.69, 9.17) is 0 Å². The van der Waals surface area contributed by atoms with Gasteiger partial charge in [0.2, 0.25) is 0 Å². The fourth-order valence-corrected chi connectivity index (χ4v) is 4.43. The summed E-state index contributed by atoms with van der Waals surface area (Å²) < 4.78 is 0. The lowest BCUT2D eigenvalue weighted by Crippen LogP contribution is -2.24. The maximum atomic E-state index is 10.5. The Morgan fingerprint density at radius 2 is 1.31 bits per heavy atom. The first-order chi connectivity index (χ1) is 14.7. The second-order valence-electron chi connectivity index (χ2n) is 11.6. The van der Waals surface area contributed by atoms with E-state index in [0.717, 1.165) is 22.8 Å². The van der Waals surface area contributed by atoms with Gasteiger partial charge in [-0.25, -0.2) is 0 Å². The second kappa shape index (κ2) is 8.23. The average molecular weight is 433 g/mol. The zero-order valence-electron chi connectivity index (χ0n) is 20.6. The number of hydrogen-bond acceptors (Lipinski definition) is 4. The first kappa shape index (κ1) is 23.8. The molecule has 0 radical (unpaired) electrons.